The van der Waals surface area contributed by atoms with Gasteiger partial charge in [-0.15, -0.1) is 0 Å². The lowest BCUT2D eigenvalue weighted by Crippen LogP contribution is -2.61. The van der Waals surface area contributed by atoms with Crippen molar-refractivity contribution in [3.05, 3.63) is 0 Å². The number of cyclic esters (lactones) is 1. The van der Waals surface area contributed by atoms with E-state index in [4.69, 9.17) is 38.9 Å². The van der Waals surface area contributed by atoms with E-state index in [-0.39, 0.29) is 49.6 Å². The molecule has 14 nitrogen and oxygen atoms in total. The summed E-state index contributed by atoms with van der Waals surface area (Å²) in [6.07, 6.45) is -5.81. The highest BCUT2D eigenvalue weighted by molar-refractivity contribution is 5.72. The average Bonchev–Trinajstić information content (AvgIpc) is 3.08. The second kappa shape index (κ2) is 18.5. The van der Waals surface area contributed by atoms with Crippen LogP contribution in [0.2, 0.25) is 0 Å². The van der Waals surface area contributed by atoms with Crippen LogP contribution in [-0.2, 0) is 38.0 Å². The maximum absolute atomic E-state index is 14.0. The van der Waals surface area contributed by atoms with Crippen molar-refractivity contribution in [3.63, 3.8) is 0 Å². The first-order chi connectivity index (χ1) is 23.7. The molecule has 0 aromatic carbocycles. The molecule has 3 heterocycles. The van der Waals surface area contributed by atoms with E-state index in [1.54, 1.807) is 27.9 Å². The molecule has 0 aliphatic carbocycles. The summed E-state index contributed by atoms with van der Waals surface area (Å²) in [6.45, 7) is 15.9. The number of ether oxygens (including phenoxy) is 7. The zero-order valence-corrected chi connectivity index (χ0v) is 33.5. The van der Waals surface area contributed by atoms with Crippen molar-refractivity contribution >= 4 is 5.97 Å². The summed E-state index contributed by atoms with van der Waals surface area (Å²) in [5.74, 6) is -2.30. The summed E-state index contributed by atoms with van der Waals surface area (Å²) in [4.78, 5) is 18.0. The molecule has 0 unspecified atom stereocenters. The molecule has 3 aliphatic heterocycles. The molecule has 3 saturated heterocycles. The summed E-state index contributed by atoms with van der Waals surface area (Å²) < 4.78 is 44.2. The fourth-order valence-electron chi connectivity index (χ4n) is 8.43. The Hall–Kier alpha value is -1.01. The third-order valence-electron chi connectivity index (χ3n) is 12.1. The molecule has 0 bridgehead atoms. The quantitative estimate of drug-likeness (QED) is 0.265. The molecule has 300 valence electrons. The first-order valence-electron chi connectivity index (χ1n) is 18.7. The van der Waals surface area contributed by atoms with Gasteiger partial charge in [-0.3, -0.25) is 9.69 Å². The van der Waals surface area contributed by atoms with Crippen LogP contribution in [0.1, 0.15) is 74.7 Å². The highest BCUT2D eigenvalue weighted by Crippen LogP contribution is 2.41. The zero-order valence-electron chi connectivity index (χ0n) is 33.5. The van der Waals surface area contributed by atoms with Gasteiger partial charge in [0, 0.05) is 45.7 Å². The Morgan fingerprint density at radius 1 is 0.922 bits per heavy atom. The first-order valence-corrected chi connectivity index (χ1v) is 18.7. The second-order valence-corrected chi connectivity index (χ2v) is 16.4. The number of esters is 1. The molecule has 0 amide bonds. The Morgan fingerprint density at radius 3 is 2.12 bits per heavy atom. The van der Waals surface area contributed by atoms with Gasteiger partial charge < -0.3 is 59.1 Å². The minimum absolute atomic E-state index is 0.0577. The molecule has 51 heavy (non-hydrogen) atoms. The van der Waals surface area contributed by atoms with Gasteiger partial charge in [-0.2, -0.15) is 0 Å². The van der Waals surface area contributed by atoms with Crippen molar-refractivity contribution in [1.29, 1.82) is 0 Å². The number of rotatable bonds is 8. The Kier molecular flexibility index (Phi) is 16.1. The summed E-state index contributed by atoms with van der Waals surface area (Å²) in [7, 11) is 8.89. The van der Waals surface area contributed by atoms with Crippen LogP contribution in [0.5, 0.6) is 0 Å². The van der Waals surface area contributed by atoms with Gasteiger partial charge in [0.05, 0.1) is 53.7 Å². The normalized spacial score (nSPS) is 47.4. The Morgan fingerprint density at radius 2 is 1.55 bits per heavy atom. The molecule has 3 fully saturated rings. The lowest BCUT2D eigenvalue weighted by Gasteiger charge is -2.49. The number of nitrogens with two attached hydrogens (primary N) is 1. The van der Waals surface area contributed by atoms with E-state index in [0.717, 1.165) is 0 Å². The van der Waals surface area contributed by atoms with E-state index in [9.17, 15) is 20.1 Å². The van der Waals surface area contributed by atoms with E-state index in [2.05, 4.69) is 0 Å². The molecular formula is C37H71N3O11. The lowest BCUT2D eigenvalue weighted by atomic mass is 9.75. The van der Waals surface area contributed by atoms with Crippen molar-refractivity contribution in [2.24, 2.45) is 29.4 Å². The number of aliphatic hydroxyl groups is 3. The fourth-order valence-corrected chi connectivity index (χ4v) is 8.43. The summed E-state index contributed by atoms with van der Waals surface area (Å²) in [5, 5.41) is 34.2. The SMILES string of the molecule is CO[C@]1(C)C[C@@H](C)[C@H](O)[C@H](C)CN(C)[C@@H](CN)COC(=O)[C@H](C)[C@@H](O[C@H]2C[C@@](C)(OC)[C@@H](O)[C@H](C)O2)[C@H](C)[C@H]1O[C@@H]1O[C@H](C)C[C@H](N(C)C)[C@H]1O. The van der Waals surface area contributed by atoms with Crippen LogP contribution in [0, 0.1) is 23.7 Å². The van der Waals surface area contributed by atoms with E-state index >= 15 is 0 Å². The molecule has 0 saturated carbocycles. The van der Waals surface area contributed by atoms with Crippen LogP contribution >= 0.6 is 0 Å². The molecule has 0 aromatic heterocycles. The second-order valence-electron chi connectivity index (χ2n) is 16.4. The minimum atomic E-state index is -1.06. The summed E-state index contributed by atoms with van der Waals surface area (Å²) in [5.41, 5.74) is 4.12. The van der Waals surface area contributed by atoms with E-state index in [1.807, 2.05) is 65.6 Å². The number of aliphatic hydroxyl groups excluding tert-OH is 3. The van der Waals surface area contributed by atoms with Crippen molar-refractivity contribution in [3.8, 4) is 0 Å². The maximum atomic E-state index is 14.0. The van der Waals surface area contributed by atoms with Gasteiger partial charge in [0.15, 0.2) is 12.6 Å². The van der Waals surface area contributed by atoms with Crippen molar-refractivity contribution in [2.45, 2.75) is 153 Å². The monoisotopic (exact) mass is 734 g/mol. The number of likely N-dealkylation sites (N-methyl/N-ethyl adjacent to an activating group) is 2. The Bertz CT molecular complexity index is 1090. The van der Waals surface area contributed by atoms with Gasteiger partial charge in [0.2, 0.25) is 0 Å². The summed E-state index contributed by atoms with van der Waals surface area (Å²) in [6, 6.07) is -0.494. The van der Waals surface area contributed by atoms with Crippen LogP contribution in [0.15, 0.2) is 0 Å². The zero-order chi connectivity index (χ0) is 38.6. The van der Waals surface area contributed by atoms with Crippen LogP contribution in [0.4, 0.5) is 0 Å². The van der Waals surface area contributed by atoms with Gasteiger partial charge in [0.25, 0.3) is 0 Å². The molecule has 0 radical (unpaired) electrons. The first kappa shape index (κ1) is 44.4. The molecule has 17 atom stereocenters. The van der Waals surface area contributed by atoms with Gasteiger partial charge in [0.1, 0.15) is 18.8 Å². The highest BCUT2D eigenvalue weighted by atomic mass is 16.7. The molecule has 14 heteroatoms. The number of hydrogen-bond donors (Lipinski definition) is 4. The van der Waals surface area contributed by atoms with Gasteiger partial charge >= 0.3 is 5.97 Å². The van der Waals surface area contributed by atoms with Crippen molar-refractivity contribution < 1.29 is 53.3 Å². The number of methoxy groups -OCH3 is 2. The smallest absolute Gasteiger partial charge is 0.311 e. The van der Waals surface area contributed by atoms with Crippen LogP contribution in [0.3, 0.4) is 0 Å². The topological polar surface area (TPSA) is 175 Å². The predicted molar refractivity (Wildman–Crippen MR) is 192 cm³/mol. The number of nitrogens with zero attached hydrogens (tertiary/aromatic N) is 2. The van der Waals surface area contributed by atoms with Gasteiger partial charge in [-0.05, 0) is 80.4 Å². The average molecular weight is 734 g/mol. The Labute approximate surface area is 306 Å². The largest absolute Gasteiger partial charge is 0.464 e. The van der Waals surface area contributed by atoms with E-state index in [1.165, 1.54) is 7.11 Å². The standard InChI is InChI=1S/C37H71N3O11/c1-20-15-37(8,46-13)33(51-35-30(42)27(39(9)10)14-22(3)48-35)23(4)31(50-28-16-36(7,45-12)32(43)25(6)49-28)24(5)34(44)47-19-26(17-38)40(11)18-21(2)29(20)41/h20-33,35,41-43H,14-19,38H2,1-13H3/t20-,21-,22-,23+,24-,25+,26+,27+,28+,29+,30-,31+,32+,33-,35+,36-,37-/m1/s1. The number of carbonyl (C=O) groups is 1. The van der Waals surface area contributed by atoms with Gasteiger partial charge in [-0.25, -0.2) is 0 Å². The molecule has 5 N–H and O–H groups in total. The third-order valence-corrected chi connectivity index (χ3v) is 12.1. The fraction of sp³-hybridized carbons (Fsp3) is 0.973. The van der Waals surface area contributed by atoms with E-state index in [0.29, 0.717) is 19.4 Å². The highest BCUT2D eigenvalue weighted by Gasteiger charge is 2.52. The molecule has 3 rings (SSSR count). The predicted octanol–water partition coefficient (Wildman–Crippen LogP) is 1.60. The van der Waals surface area contributed by atoms with E-state index < -0.39 is 78.2 Å². The maximum Gasteiger partial charge on any atom is 0.311 e. The summed E-state index contributed by atoms with van der Waals surface area (Å²) >= 11 is 0. The van der Waals surface area contributed by atoms with Crippen LogP contribution < -0.4 is 5.73 Å². The minimum Gasteiger partial charge on any atom is -0.464 e. The molecule has 0 spiro atoms. The number of hydrogen-bond acceptors (Lipinski definition) is 14. The lowest BCUT2D eigenvalue weighted by molar-refractivity contribution is -0.319. The third kappa shape index (κ3) is 10.4. The molecule has 3 aliphatic rings. The van der Waals surface area contributed by atoms with Gasteiger partial charge in [-0.1, -0.05) is 20.8 Å². The molecule has 0 aromatic rings. The van der Waals surface area contributed by atoms with Crippen molar-refractivity contribution in [1.82, 2.24) is 9.80 Å². The number of carbonyl (C=O) groups excluding carboxylic acids is 1. The van der Waals surface area contributed by atoms with Crippen LogP contribution in [-0.4, -0.2) is 165 Å². The molecular weight excluding hydrogens is 662 g/mol. The van der Waals surface area contributed by atoms with Crippen molar-refractivity contribution in [2.75, 3.05) is 55.1 Å². The van der Waals surface area contributed by atoms with Crippen LogP contribution in [0.25, 0.3) is 0 Å². The Balaban J connectivity index is 2.16.